The van der Waals surface area contributed by atoms with Crippen molar-refractivity contribution in [2.75, 3.05) is 26.3 Å². The molecule has 1 atom stereocenters. The first kappa shape index (κ1) is 28.1. The molecule has 1 amide bonds. The smallest absolute Gasteiger partial charge is 0.308 e. The van der Waals surface area contributed by atoms with Crippen LogP contribution in [0.25, 0.3) is 11.3 Å². The highest BCUT2D eigenvalue weighted by atomic mass is 16.5. The molecule has 2 aromatic rings. The van der Waals surface area contributed by atoms with Gasteiger partial charge in [-0.2, -0.15) is 5.10 Å². The fourth-order valence-corrected chi connectivity index (χ4v) is 4.79. The lowest BCUT2D eigenvalue weighted by Crippen LogP contribution is -2.46. The topological polar surface area (TPSA) is 178 Å². The van der Waals surface area contributed by atoms with E-state index in [2.05, 4.69) is 15.7 Å². The van der Waals surface area contributed by atoms with Gasteiger partial charge in [0.15, 0.2) is 5.78 Å². The summed E-state index contributed by atoms with van der Waals surface area (Å²) in [5.41, 5.74) is 6.14. The van der Waals surface area contributed by atoms with Crippen molar-refractivity contribution in [2.45, 2.75) is 51.3 Å². The van der Waals surface area contributed by atoms with Crippen LogP contribution in [0.4, 0.5) is 0 Å². The number of ether oxygens (including phenoxy) is 2. The maximum Gasteiger partial charge on any atom is 0.308 e. The fourth-order valence-electron chi connectivity index (χ4n) is 4.79. The lowest BCUT2D eigenvalue weighted by atomic mass is 9.86. The van der Waals surface area contributed by atoms with Gasteiger partial charge in [-0.25, -0.2) is 4.68 Å². The normalized spacial score (nSPS) is 21.1. The number of nitrogens with one attached hydrogen (secondary N) is 3. The Hall–Kier alpha value is -3.90. The number of hydrogen-bond acceptors (Lipinski definition) is 9. The molecule has 1 unspecified atom stereocenters. The van der Waals surface area contributed by atoms with Gasteiger partial charge < -0.3 is 25.8 Å². The van der Waals surface area contributed by atoms with Gasteiger partial charge in [-0.05, 0) is 38.7 Å². The standard InChI is InChI=1S/C27H34N6O6/c1-2-38-27(37)18-7-9-19(10-8-18)31-25(35)20-13-21(16-3-5-17(6-4-16)24(28)29)32-33(26(20)36)15-22(34)23-14-30-11-12-39-23/h3-6,13,18-19,23,30H,2,7-12,14-15H2,1H3,(H3,28,29)(H,31,35). The number of carbonyl (C=O) groups excluding carboxylic acids is 3. The SMILES string of the molecule is CCOC(=O)C1CCC(NC(=O)c2cc(-c3ccc(C(=N)N)cc3)nn(CC(=O)C3CNCCO3)c2=O)CC1. The number of hydrogen-bond donors (Lipinski definition) is 4. The first-order valence-electron chi connectivity index (χ1n) is 13.2. The van der Waals surface area contributed by atoms with Gasteiger partial charge in [0.2, 0.25) is 0 Å². The molecule has 2 fully saturated rings. The molecule has 1 aliphatic heterocycles. The molecule has 1 saturated heterocycles. The molecule has 0 bridgehead atoms. The Labute approximate surface area is 225 Å². The number of amides is 1. The van der Waals surface area contributed by atoms with Gasteiger partial charge in [-0.1, -0.05) is 24.3 Å². The molecule has 4 rings (SSSR count). The average molecular weight is 539 g/mol. The summed E-state index contributed by atoms with van der Waals surface area (Å²) >= 11 is 0. The van der Waals surface area contributed by atoms with Crippen LogP contribution >= 0.6 is 0 Å². The number of esters is 1. The summed E-state index contributed by atoms with van der Waals surface area (Å²) in [6.45, 7) is 3.10. The Morgan fingerprint density at radius 3 is 2.54 bits per heavy atom. The van der Waals surface area contributed by atoms with Crippen LogP contribution in [-0.4, -0.2) is 71.7 Å². The third-order valence-electron chi connectivity index (χ3n) is 6.99. The predicted octanol–water partition coefficient (Wildman–Crippen LogP) is 0.604. The van der Waals surface area contributed by atoms with Crippen molar-refractivity contribution in [3.8, 4) is 11.3 Å². The van der Waals surface area contributed by atoms with E-state index < -0.39 is 17.6 Å². The largest absolute Gasteiger partial charge is 0.466 e. The number of ketones is 1. The minimum Gasteiger partial charge on any atom is -0.466 e. The number of morpholine rings is 1. The monoisotopic (exact) mass is 538 g/mol. The molecular formula is C27H34N6O6. The van der Waals surface area contributed by atoms with Crippen molar-refractivity contribution in [2.24, 2.45) is 11.7 Å². The summed E-state index contributed by atoms with van der Waals surface area (Å²) in [4.78, 5) is 51.6. The molecule has 2 heterocycles. The second-order valence-electron chi connectivity index (χ2n) is 9.70. The van der Waals surface area contributed by atoms with Crippen LogP contribution in [0.3, 0.4) is 0 Å². The predicted molar refractivity (Wildman–Crippen MR) is 142 cm³/mol. The number of nitrogen functional groups attached to an aromatic ring is 1. The Morgan fingerprint density at radius 1 is 1.21 bits per heavy atom. The first-order valence-corrected chi connectivity index (χ1v) is 13.2. The summed E-state index contributed by atoms with van der Waals surface area (Å²) in [5, 5.41) is 18.0. The number of nitrogens with zero attached hydrogens (tertiary/aromatic N) is 2. The van der Waals surface area contributed by atoms with Gasteiger partial charge in [0.1, 0.15) is 24.0 Å². The second kappa shape index (κ2) is 12.8. The van der Waals surface area contributed by atoms with Crippen molar-refractivity contribution >= 4 is 23.5 Å². The fraction of sp³-hybridized carbons (Fsp3) is 0.481. The second-order valence-corrected chi connectivity index (χ2v) is 9.70. The van der Waals surface area contributed by atoms with E-state index in [1.165, 1.54) is 6.07 Å². The van der Waals surface area contributed by atoms with E-state index in [0.717, 1.165) is 4.68 Å². The van der Waals surface area contributed by atoms with Crippen molar-refractivity contribution in [3.05, 3.63) is 51.8 Å². The van der Waals surface area contributed by atoms with Crippen molar-refractivity contribution in [1.29, 1.82) is 5.41 Å². The van der Waals surface area contributed by atoms with Crippen molar-refractivity contribution in [1.82, 2.24) is 20.4 Å². The molecule has 0 radical (unpaired) electrons. The quantitative estimate of drug-likeness (QED) is 0.202. The first-order chi connectivity index (χ1) is 18.8. The molecule has 12 nitrogen and oxygen atoms in total. The molecule has 12 heteroatoms. The van der Waals surface area contributed by atoms with Crippen LogP contribution in [-0.2, 0) is 25.6 Å². The van der Waals surface area contributed by atoms with E-state index in [1.807, 2.05) is 0 Å². The van der Waals surface area contributed by atoms with Crippen LogP contribution in [0.15, 0.2) is 35.1 Å². The minimum absolute atomic E-state index is 0.0936. The lowest BCUT2D eigenvalue weighted by Gasteiger charge is -2.27. The molecule has 1 aromatic heterocycles. The number of benzene rings is 1. The molecule has 39 heavy (non-hydrogen) atoms. The third kappa shape index (κ3) is 6.95. The minimum atomic E-state index is -0.710. The molecule has 208 valence electrons. The summed E-state index contributed by atoms with van der Waals surface area (Å²) in [6, 6.07) is 7.85. The Morgan fingerprint density at radius 2 is 1.92 bits per heavy atom. The van der Waals surface area contributed by atoms with Crippen LogP contribution in [0, 0.1) is 11.3 Å². The number of aromatic nitrogens is 2. The zero-order chi connectivity index (χ0) is 27.9. The third-order valence-corrected chi connectivity index (χ3v) is 6.99. The van der Waals surface area contributed by atoms with E-state index >= 15 is 0 Å². The van der Waals surface area contributed by atoms with Crippen LogP contribution in [0.5, 0.6) is 0 Å². The highest BCUT2D eigenvalue weighted by molar-refractivity contribution is 5.96. The van der Waals surface area contributed by atoms with Gasteiger partial charge in [-0.3, -0.25) is 24.6 Å². The Bertz CT molecular complexity index is 1280. The molecule has 1 aromatic carbocycles. The molecule has 5 N–H and O–H groups in total. The highest BCUT2D eigenvalue weighted by Gasteiger charge is 2.29. The molecule has 2 aliphatic rings. The zero-order valence-electron chi connectivity index (χ0n) is 21.9. The van der Waals surface area contributed by atoms with Gasteiger partial charge in [-0.15, -0.1) is 0 Å². The van der Waals surface area contributed by atoms with Crippen molar-refractivity contribution in [3.63, 3.8) is 0 Å². The van der Waals surface area contributed by atoms with E-state index in [-0.39, 0.29) is 41.7 Å². The highest BCUT2D eigenvalue weighted by Crippen LogP contribution is 2.26. The Balaban J connectivity index is 1.58. The van der Waals surface area contributed by atoms with E-state index in [4.69, 9.17) is 20.6 Å². The summed E-state index contributed by atoms with van der Waals surface area (Å²) in [5.74, 6) is -1.40. The van der Waals surface area contributed by atoms with E-state index in [9.17, 15) is 19.2 Å². The summed E-state index contributed by atoms with van der Waals surface area (Å²) < 4.78 is 11.6. The maximum absolute atomic E-state index is 13.3. The molecule has 0 spiro atoms. The van der Waals surface area contributed by atoms with Crippen LogP contribution < -0.4 is 21.9 Å². The maximum atomic E-state index is 13.3. The van der Waals surface area contributed by atoms with Gasteiger partial charge in [0.05, 0.1) is 24.8 Å². The Kier molecular flexibility index (Phi) is 9.20. The summed E-state index contributed by atoms with van der Waals surface area (Å²) in [6.07, 6.45) is 1.62. The van der Waals surface area contributed by atoms with E-state index in [0.29, 0.717) is 68.8 Å². The number of nitrogens with two attached hydrogens (primary N) is 1. The van der Waals surface area contributed by atoms with Crippen molar-refractivity contribution < 1.29 is 23.9 Å². The molecule has 1 saturated carbocycles. The zero-order valence-corrected chi connectivity index (χ0v) is 21.9. The van der Waals surface area contributed by atoms with Crippen LogP contribution in [0.2, 0.25) is 0 Å². The number of Topliss-reactive ketones (excluding diaryl/α,β-unsaturated/α-hetero) is 1. The molecule has 1 aliphatic carbocycles. The summed E-state index contributed by atoms with van der Waals surface area (Å²) in [7, 11) is 0. The van der Waals surface area contributed by atoms with Gasteiger partial charge in [0.25, 0.3) is 11.5 Å². The number of amidine groups is 1. The van der Waals surface area contributed by atoms with Gasteiger partial charge in [0, 0.05) is 30.3 Å². The average Bonchev–Trinajstić information content (AvgIpc) is 2.95. The number of carbonyl (C=O) groups is 3. The number of rotatable bonds is 9. The van der Waals surface area contributed by atoms with Gasteiger partial charge >= 0.3 is 5.97 Å². The van der Waals surface area contributed by atoms with Crippen LogP contribution in [0.1, 0.15) is 48.5 Å². The molecular weight excluding hydrogens is 504 g/mol. The lowest BCUT2D eigenvalue weighted by molar-refractivity contribution is -0.149. The van der Waals surface area contributed by atoms with E-state index in [1.54, 1.807) is 31.2 Å².